The van der Waals surface area contributed by atoms with Crippen molar-refractivity contribution in [3.63, 3.8) is 0 Å². The molecule has 0 bridgehead atoms. The van der Waals surface area contributed by atoms with Crippen molar-refractivity contribution in [2.24, 2.45) is 0 Å². The number of carboxylic acid groups (broad SMARTS) is 1. The quantitative estimate of drug-likeness (QED) is 0.208. The van der Waals surface area contributed by atoms with Gasteiger partial charge in [0, 0.05) is 30.3 Å². The fourth-order valence-electron chi connectivity index (χ4n) is 4.79. The molecule has 0 aliphatic carbocycles. The number of hydrogen-bond donors (Lipinski definition) is 3. The van der Waals surface area contributed by atoms with Crippen LogP contribution in [0, 0.1) is 5.41 Å². The van der Waals surface area contributed by atoms with Crippen LogP contribution in [-0.4, -0.2) is 59.2 Å². The lowest BCUT2D eigenvalue weighted by molar-refractivity contribution is -0.142. The number of aromatic nitrogens is 1. The number of carboxylic acids is 1. The molecule has 2 atom stereocenters. The number of hydrogen-bond acceptors (Lipinski definition) is 7. The summed E-state index contributed by atoms with van der Waals surface area (Å²) >= 11 is 0. The van der Waals surface area contributed by atoms with Gasteiger partial charge < -0.3 is 20.4 Å². The monoisotopic (exact) mass is 566 g/mol. The smallest absolute Gasteiger partial charge is 0.326 e. The number of sulfonamides is 1. The van der Waals surface area contributed by atoms with Crippen LogP contribution in [0.2, 0.25) is 0 Å². The summed E-state index contributed by atoms with van der Waals surface area (Å²) in [7, 11) is -3.89. The fourth-order valence-corrected chi connectivity index (χ4v) is 6.47. The maximum absolute atomic E-state index is 13.1. The Morgan fingerprint density at radius 3 is 2.55 bits per heavy atom. The van der Waals surface area contributed by atoms with Gasteiger partial charge in [-0.2, -0.15) is 4.31 Å². The number of unbranched alkanes of at least 4 members (excludes halogenated alkanes) is 1. The molecule has 0 spiro atoms. The van der Waals surface area contributed by atoms with Gasteiger partial charge in [0.25, 0.3) is 0 Å². The lowest BCUT2D eigenvalue weighted by atomic mass is 10.0. The molecule has 10 nitrogen and oxygen atoms in total. The molecule has 2 aromatic carbocycles. The van der Waals surface area contributed by atoms with Gasteiger partial charge in [-0.25, -0.2) is 13.2 Å². The van der Waals surface area contributed by atoms with Crippen molar-refractivity contribution < 1.29 is 27.6 Å². The zero-order chi connectivity index (χ0) is 28.7. The van der Waals surface area contributed by atoms with E-state index in [0.29, 0.717) is 29.9 Å². The summed E-state index contributed by atoms with van der Waals surface area (Å²) in [4.78, 5) is 25.2. The second-order valence-corrected chi connectivity index (χ2v) is 11.9. The van der Waals surface area contributed by atoms with Crippen LogP contribution in [-0.2, 0) is 32.5 Å². The van der Waals surface area contributed by atoms with Gasteiger partial charge in [0.2, 0.25) is 15.9 Å². The molecule has 1 fully saturated rings. The van der Waals surface area contributed by atoms with E-state index >= 15 is 0 Å². The maximum atomic E-state index is 13.1. The van der Waals surface area contributed by atoms with E-state index in [4.69, 9.17) is 9.93 Å². The highest BCUT2D eigenvalue weighted by Crippen LogP contribution is 2.27. The average Bonchev–Trinajstić information content (AvgIpc) is 3.62. The summed E-state index contributed by atoms with van der Waals surface area (Å²) in [5.41, 5.74) is 2.99. The number of aryl methyl sites for hydroxylation is 1. The van der Waals surface area contributed by atoms with Gasteiger partial charge in [0.15, 0.2) is 5.76 Å². The van der Waals surface area contributed by atoms with Gasteiger partial charge in [0.05, 0.1) is 10.6 Å². The van der Waals surface area contributed by atoms with Gasteiger partial charge in [-0.1, -0.05) is 47.6 Å². The standard InChI is InChI=1S/C29H34N4O6S/c1-20(30)8-5-6-9-23-19-27(39-32-23)22-15-13-21(14-16-22)18-25(29(35)36)31-28(34)26-12-7-17-33(26)40(37,38)24-10-3-2-4-11-24/h2-4,10-11,13-16,19,25-26,30H,5-9,12,17-18H2,1H3,(H,31,34)(H,35,36)/t25?,26-/m0/s1. The first-order chi connectivity index (χ1) is 19.1. The highest BCUT2D eigenvalue weighted by Gasteiger charge is 2.40. The molecule has 3 aromatic rings. The molecule has 3 N–H and O–H groups in total. The molecule has 2 heterocycles. The zero-order valence-corrected chi connectivity index (χ0v) is 23.2. The maximum Gasteiger partial charge on any atom is 0.326 e. The Kier molecular flexibility index (Phi) is 9.49. The Hall–Kier alpha value is -3.83. The van der Waals surface area contributed by atoms with Crippen LogP contribution >= 0.6 is 0 Å². The number of amides is 1. The first kappa shape index (κ1) is 29.2. The number of carbonyl (C=O) groups is 2. The molecule has 40 heavy (non-hydrogen) atoms. The third-order valence-corrected chi connectivity index (χ3v) is 8.87. The van der Waals surface area contributed by atoms with Crippen molar-refractivity contribution in [1.82, 2.24) is 14.8 Å². The van der Waals surface area contributed by atoms with Gasteiger partial charge in [-0.05, 0) is 63.1 Å². The summed E-state index contributed by atoms with van der Waals surface area (Å²) in [5, 5.41) is 24.0. The molecular formula is C29H34N4O6S. The predicted octanol–water partition coefficient (Wildman–Crippen LogP) is 4.06. The van der Waals surface area contributed by atoms with E-state index in [-0.39, 0.29) is 17.9 Å². The predicted molar refractivity (Wildman–Crippen MR) is 150 cm³/mol. The van der Waals surface area contributed by atoms with E-state index in [1.165, 1.54) is 12.1 Å². The molecule has 1 saturated heterocycles. The fraction of sp³-hybridized carbons (Fsp3) is 0.379. The molecule has 4 rings (SSSR count). The van der Waals surface area contributed by atoms with Crippen LogP contribution < -0.4 is 5.32 Å². The van der Waals surface area contributed by atoms with Crippen molar-refractivity contribution in [3.8, 4) is 11.3 Å². The number of nitrogens with zero attached hydrogens (tertiary/aromatic N) is 2. The zero-order valence-electron chi connectivity index (χ0n) is 22.4. The molecule has 0 radical (unpaired) electrons. The Balaban J connectivity index is 1.37. The number of carbonyl (C=O) groups excluding carboxylic acids is 1. The first-order valence-corrected chi connectivity index (χ1v) is 14.8. The second kappa shape index (κ2) is 13.0. The van der Waals surface area contributed by atoms with Crippen LogP contribution in [0.15, 0.2) is 70.1 Å². The Labute approximate surface area is 233 Å². The molecule has 11 heteroatoms. The minimum Gasteiger partial charge on any atom is -0.480 e. The van der Waals surface area contributed by atoms with E-state index in [1.54, 1.807) is 37.3 Å². The van der Waals surface area contributed by atoms with Gasteiger partial charge in [-0.3, -0.25) is 4.79 Å². The van der Waals surface area contributed by atoms with Crippen molar-refractivity contribution in [1.29, 1.82) is 5.41 Å². The summed E-state index contributed by atoms with van der Waals surface area (Å²) in [6, 6.07) is 14.8. The summed E-state index contributed by atoms with van der Waals surface area (Å²) in [6.45, 7) is 1.99. The van der Waals surface area contributed by atoms with E-state index < -0.39 is 34.0 Å². The average molecular weight is 567 g/mol. The largest absolute Gasteiger partial charge is 0.480 e. The van der Waals surface area contributed by atoms with Crippen LogP contribution in [0.25, 0.3) is 11.3 Å². The molecule has 1 aliphatic heterocycles. The lowest BCUT2D eigenvalue weighted by Crippen LogP contribution is -2.51. The highest BCUT2D eigenvalue weighted by molar-refractivity contribution is 7.89. The molecular weight excluding hydrogens is 532 g/mol. The molecule has 212 valence electrons. The number of aliphatic carboxylic acids is 1. The Bertz CT molecular complexity index is 1440. The SMILES string of the molecule is CC(=N)CCCCc1cc(-c2ccc(CC(NC(=O)[C@@H]3CCCN3S(=O)(=O)c3ccccc3)C(=O)O)cc2)on1. The number of nitrogens with one attached hydrogen (secondary N) is 2. The van der Waals surface area contributed by atoms with E-state index in [0.717, 1.165) is 41.2 Å². The van der Waals surface area contributed by atoms with Crippen LogP contribution in [0.5, 0.6) is 0 Å². The highest BCUT2D eigenvalue weighted by atomic mass is 32.2. The lowest BCUT2D eigenvalue weighted by Gasteiger charge is -2.25. The summed E-state index contributed by atoms with van der Waals surface area (Å²) < 4.78 is 32.8. The Morgan fingerprint density at radius 2 is 1.88 bits per heavy atom. The van der Waals surface area contributed by atoms with E-state index in [2.05, 4.69) is 10.5 Å². The summed E-state index contributed by atoms with van der Waals surface area (Å²) in [5.74, 6) is -1.22. The topological polar surface area (TPSA) is 154 Å². The third kappa shape index (κ3) is 7.22. The number of benzene rings is 2. The minimum absolute atomic E-state index is 0.0353. The molecule has 1 amide bonds. The molecule has 1 aliphatic rings. The molecule has 0 saturated carbocycles. The van der Waals surface area contributed by atoms with E-state index in [1.807, 2.05) is 18.2 Å². The van der Waals surface area contributed by atoms with Crippen molar-refractivity contribution in [3.05, 3.63) is 71.9 Å². The summed E-state index contributed by atoms with van der Waals surface area (Å²) in [6.07, 6.45) is 4.25. The van der Waals surface area contributed by atoms with Crippen LogP contribution in [0.4, 0.5) is 0 Å². The minimum atomic E-state index is -3.89. The Morgan fingerprint density at radius 1 is 1.15 bits per heavy atom. The molecule has 1 unspecified atom stereocenters. The first-order valence-electron chi connectivity index (χ1n) is 13.3. The van der Waals surface area contributed by atoms with Crippen molar-refractivity contribution in [2.45, 2.75) is 68.8 Å². The van der Waals surface area contributed by atoms with Gasteiger partial charge >= 0.3 is 5.97 Å². The van der Waals surface area contributed by atoms with Crippen LogP contribution in [0.3, 0.4) is 0 Å². The second-order valence-electron chi connectivity index (χ2n) is 10.1. The van der Waals surface area contributed by atoms with Crippen LogP contribution in [0.1, 0.15) is 50.3 Å². The van der Waals surface area contributed by atoms with E-state index in [9.17, 15) is 23.1 Å². The van der Waals surface area contributed by atoms with Gasteiger partial charge in [-0.15, -0.1) is 0 Å². The van der Waals surface area contributed by atoms with Crippen molar-refractivity contribution in [2.75, 3.05) is 6.54 Å². The molecule has 1 aromatic heterocycles. The normalized spacial score (nSPS) is 16.5. The van der Waals surface area contributed by atoms with Gasteiger partial charge in [0.1, 0.15) is 12.1 Å². The number of rotatable bonds is 13. The van der Waals surface area contributed by atoms with Crippen molar-refractivity contribution >= 4 is 27.6 Å². The third-order valence-electron chi connectivity index (χ3n) is 6.94.